The van der Waals surface area contributed by atoms with E-state index in [1.54, 1.807) is 0 Å². The molecule has 2 rings (SSSR count). The summed E-state index contributed by atoms with van der Waals surface area (Å²) in [6, 6.07) is 4.25. The van der Waals surface area contributed by atoms with Crippen LogP contribution in [0.25, 0.3) is 0 Å². The van der Waals surface area contributed by atoms with Crippen molar-refractivity contribution in [1.82, 2.24) is 9.62 Å². The van der Waals surface area contributed by atoms with Crippen molar-refractivity contribution in [1.29, 1.82) is 0 Å². The first-order valence-corrected chi connectivity index (χ1v) is 9.69. The second kappa shape index (κ2) is 7.69. The van der Waals surface area contributed by atoms with Gasteiger partial charge in [0.05, 0.1) is 18.1 Å². The van der Waals surface area contributed by atoms with Gasteiger partial charge in [-0.3, -0.25) is 4.79 Å². The van der Waals surface area contributed by atoms with Crippen LogP contribution in [0.4, 0.5) is 13.2 Å². The van der Waals surface area contributed by atoms with Crippen molar-refractivity contribution in [3.05, 3.63) is 40.8 Å². The van der Waals surface area contributed by atoms with E-state index in [1.807, 2.05) is 4.72 Å². The van der Waals surface area contributed by atoms with Crippen molar-refractivity contribution in [2.45, 2.75) is 12.6 Å². The zero-order chi connectivity index (χ0) is 20.5. The van der Waals surface area contributed by atoms with Crippen molar-refractivity contribution in [3.8, 4) is 5.75 Å². The van der Waals surface area contributed by atoms with Crippen molar-refractivity contribution in [2.75, 3.05) is 26.7 Å². The van der Waals surface area contributed by atoms with Crippen molar-refractivity contribution < 1.29 is 31.1 Å². The van der Waals surface area contributed by atoms with Gasteiger partial charge in [0.25, 0.3) is 5.91 Å². The van der Waals surface area contributed by atoms with Gasteiger partial charge < -0.3 is 9.64 Å². The number of nitrogens with one attached hydrogen (secondary N) is 1. The normalized spacial score (nSPS) is 20.6. The van der Waals surface area contributed by atoms with E-state index in [2.05, 4.69) is 6.58 Å². The van der Waals surface area contributed by atoms with Crippen molar-refractivity contribution in [3.63, 3.8) is 0 Å². The van der Waals surface area contributed by atoms with E-state index in [4.69, 9.17) is 16.3 Å². The molecule has 1 aliphatic rings. The first kappa shape index (κ1) is 21.5. The molecular weight excluding hydrogens is 409 g/mol. The monoisotopic (exact) mass is 426 g/mol. The molecule has 150 valence electrons. The van der Waals surface area contributed by atoms with Crippen molar-refractivity contribution >= 4 is 27.5 Å². The smallest absolute Gasteiger partial charge is 0.397 e. The number of nitrogens with zero attached hydrogens (tertiary/aromatic N) is 1. The van der Waals surface area contributed by atoms with E-state index in [9.17, 15) is 26.4 Å². The lowest BCUT2D eigenvalue weighted by atomic mass is 9.86. The topological polar surface area (TPSA) is 75.7 Å². The Morgan fingerprint density at radius 3 is 2.70 bits per heavy atom. The minimum Gasteiger partial charge on any atom is -0.496 e. The summed E-state index contributed by atoms with van der Waals surface area (Å²) >= 11 is 5.88. The number of halogens is 4. The summed E-state index contributed by atoms with van der Waals surface area (Å²) in [6.07, 6.45) is -5.16. The maximum Gasteiger partial charge on any atom is 0.397 e. The van der Waals surface area contributed by atoms with Crippen LogP contribution in [-0.4, -0.2) is 52.1 Å². The Labute approximate surface area is 160 Å². The minimum absolute atomic E-state index is 0.0367. The minimum atomic E-state index is -4.72. The molecule has 0 radical (unpaired) electrons. The van der Waals surface area contributed by atoms with Gasteiger partial charge in [-0.15, -0.1) is 0 Å². The van der Waals surface area contributed by atoms with Crippen LogP contribution in [0.3, 0.4) is 0 Å². The number of methoxy groups -OCH3 is 1. The molecular formula is C16H18ClF3N2O4S. The van der Waals surface area contributed by atoms with E-state index in [0.717, 1.165) is 4.90 Å². The van der Waals surface area contributed by atoms with Crippen LogP contribution in [-0.2, 0) is 10.0 Å². The lowest BCUT2D eigenvalue weighted by molar-refractivity contribution is -0.215. The van der Waals surface area contributed by atoms with Gasteiger partial charge in [-0.05, 0) is 24.6 Å². The maximum atomic E-state index is 13.7. The second-order valence-electron chi connectivity index (χ2n) is 6.13. The molecule has 1 unspecified atom stereocenters. The fourth-order valence-corrected chi connectivity index (χ4v) is 3.60. The molecule has 0 spiro atoms. The highest BCUT2D eigenvalue weighted by molar-refractivity contribution is 7.92. The number of likely N-dealkylation sites (tertiary alicyclic amines) is 1. The summed E-state index contributed by atoms with van der Waals surface area (Å²) < 4.78 is 71.0. The number of hydrogen-bond donors (Lipinski definition) is 1. The fourth-order valence-electron chi connectivity index (χ4n) is 2.84. The molecule has 11 heteroatoms. The molecule has 1 aromatic rings. The van der Waals surface area contributed by atoms with Crippen LogP contribution in [0.5, 0.6) is 5.75 Å². The number of amides is 1. The molecule has 27 heavy (non-hydrogen) atoms. The zero-order valence-electron chi connectivity index (χ0n) is 14.3. The van der Waals surface area contributed by atoms with Crippen LogP contribution in [0.2, 0.25) is 5.02 Å². The quantitative estimate of drug-likeness (QED) is 0.759. The van der Waals surface area contributed by atoms with Crippen molar-refractivity contribution in [2.24, 2.45) is 5.41 Å². The molecule has 1 heterocycles. The van der Waals surface area contributed by atoms with Gasteiger partial charge in [-0.2, -0.15) is 13.2 Å². The summed E-state index contributed by atoms with van der Waals surface area (Å²) in [7, 11) is -2.71. The summed E-state index contributed by atoms with van der Waals surface area (Å²) in [5, 5.41) is 0.769. The third-order valence-corrected chi connectivity index (χ3v) is 5.69. The molecule has 0 saturated carbocycles. The Balaban J connectivity index is 2.29. The van der Waals surface area contributed by atoms with Crippen LogP contribution in [0.15, 0.2) is 30.2 Å². The molecule has 1 N–H and O–H groups in total. The second-order valence-corrected chi connectivity index (χ2v) is 8.28. The van der Waals surface area contributed by atoms with Gasteiger partial charge in [-0.1, -0.05) is 18.2 Å². The number of ether oxygens (including phenoxy) is 1. The van der Waals surface area contributed by atoms with Gasteiger partial charge in [0.1, 0.15) is 5.75 Å². The predicted molar refractivity (Wildman–Crippen MR) is 94.1 cm³/mol. The van der Waals surface area contributed by atoms with E-state index < -0.39 is 47.0 Å². The van der Waals surface area contributed by atoms with Gasteiger partial charge in [-0.25, -0.2) is 13.1 Å². The summed E-state index contributed by atoms with van der Waals surface area (Å²) in [5.74, 6) is -0.492. The van der Waals surface area contributed by atoms with Gasteiger partial charge in [0.15, 0.2) is 0 Å². The summed E-state index contributed by atoms with van der Waals surface area (Å²) in [4.78, 5) is 13.7. The van der Waals surface area contributed by atoms with Crippen LogP contribution in [0, 0.1) is 5.41 Å². The van der Waals surface area contributed by atoms with Gasteiger partial charge >= 0.3 is 6.18 Å². The predicted octanol–water partition coefficient (Wildman–Crippen LogP) is 2.81. The maximum absolute atomic E-state index is 13.7. The molecule has 1 aromatic carbocycles. The number of sulfonamides is 1. The van der Waals surface area contributed by atoms with Crippen LogP contribution >= 0.6 is 11.6 Å². The van der Waals surface area contributed by atoms with E-state index in [0.29, 0.717) is 5.41 Å². The highest BCUT2D eigenvalue weighted by Gasteiger charge is 2.58. The molecule has 1 saturated heterocycles. The van der Waals surface area contributed by atoms with Gasteiger partial charge in [0, 0.05) is 30.1 Å². The lowest BCUT2D eigenvalue weighted by Gasteiger charge is -2.31. The molecule has 1 atom stereocenters. The van der Waals surface area contributed by atoms with Crippen LogP contribution < -0.4 is 9.46 Å². The highest BCUT2D eigenvalue weighted by atomic mass is 35.5. The van der Waals surface area contributed by atoms with E-state index in [-0.39, 0.29) is 22.9 Å². The number of benzene rings is 1. The largest absolute Gasteiger partial charge is 0.496 e. The van der Waals surface area contributed by atoms with Crippen LogP contribution in [0.1, 0.15) is 16.8 Å². The fraction of sp³-hybridized carbons (Fsp3) is 0.438. The molecule has 0 aromatic heterocycles. The number of rotatable bonds is 6. The Morgan fingerprint density at radius 1 is 1.48 bits per heavy atom. The van der Waals surface area contributed by atoms with E-state index >= 15 is 0 Å². The molecule has 1 aliphatic heterocycles. The first-order valence-electron chi connectivity index (χ1n) is 7.76. The first-order chi connectivity index (χ1) is 12.4. The summed E-state index contributed by atoms with van der Waals surface area (Å²) in [6.45, 7) is 1.28. The molecule has 0 bridgehead atoms. The Morgan fingerprint density at radius 2 is 2.15 bits per heavy atom. The Bertz CT molecular complexity index is 845. The Hall–Kier alpha value is -1.78. The SMILES string of the molecule is C=CS(=O)(=O)NCC1(C(F)(F)F)CCN(C(=O)c2cc(Cl)ccc2OC)C1. The molecule has 1 amide bonds. The number of hydrogen-bond acceptors (Lipinski definition) is 4. The Kier molecular flexibility index (Phi) is 6.13. The van der Waals surface area contributed by atoms with E-state index in [1.165, 1.54) is 25.3 Å². The van der Waals surface area contributed by atoms with Gasteiger partial charge in [0.2, 0.25) is 10.0 Å². The number of carbonyl (C=O) groups excluding carboxylic acids is 1. The third kappa shape index (κ3) is 4.56. The molecule has 0 aliphatic carbocycles. The average Bonchev–Trinajstić information content (AvgIpc) is 3.05. The molecule has 1 fully saturated rings. The summed E-state index contributed by atoms with van der Waals surface area (Å²) in [5.41, 5.74) is -2.36. The highest BCUT2D eigenvalue weighted by Crippen LogP contribution is 2.45. The zero-order valence-corrected chi connectivity index (χ0v) is 15.9. The number of carbonyl (C=O) groups is 1. The average molecular weight is 427 g/mol. The molecule has 6 nitrogen and oxygen atoms in total. The standard InChI is InChI=1S/C16H18ClF3N2O4S/c1-3-27(24,25)21-9-15(16(18,19)20)6-7-22(10-15)14(23)12-8-11(17)4-5-13(12)26-2/h3-5,8,21H,1,6-7,9-10H2,2H3. The number of alkyl halides is 3. The lowest BCUT2D eigenvalue weighted by Crippen LogP contribution is -2.49. The third-order valence-electron chi connectivity index (χ3n) is 4.47.